The van der Waals surface area contributed by atoms with Gasteiger partial charge in [0.15, 0.2) is 0 Å². The number of anilines is 1. The first kappa shape index (κ1) is 19.2. The van der Waals surface area contributed by atoms with E-state index in [0.29, 0.717) is 5.92 Å². The Bertz CT molecular complexity index is 1140. The Morgan fingerprint density at radius 1 is 0.935 bits per heavy atom. The summed E-state index contributed by atoms with van der Waals surface area (Å²) in [5.41, 5.74) is 5.81. The van der Waals surface area contributed by atoms with Gasteiger partial charge in [0.1, 0.15) is 0 Å². The third kappa shape index (κ3) is 3.75. The summed E-state index contributed by atoms with van der Waals surface area (Å²) in [5, 5.41) is 18.3. The molecule has 0 N–H and O–H groups in total. The van der Waals surface area contributed by atoms with E-state index < -0.39 is 0 Å². The molecule has 1 aliphatic carbocycles. The number of hydrogen-bond acceptors (Lipinski definition) is 4. The van der Waals surface area contributed by atoms with Crippen LogP contribution in [0.3, 0.4) is 0 Å². The molecule has 2 unspecified atom stereocenters. The van der Waals surface area contributed by atoms with Crippen molar-refractivity contribution >= 4 is 23.2 Å². The van der Waals surface area contributed by atoms with E-state index in [-0.39, 0.29) is 16.7 Å². The van der Waals surface area contributed by atoms with Gasteiger partial charge in [0.25, 0.3) is 5.69 Å². The number of hydrogen-bond donors (Lipinski definition) is 0. The van der Waals surface area contributed by atoms with Crippen molar-refractivity contribution in [2.24, 2.45) is 11.0 Å². The number of nitro groups is 1. The summed E-state index contributed by atoms with van der Waals surface area (Å²) in [4.78, 5) is 10.6. The Kier molecular flexibility index (Phi) is 5.08. The maximum Gasteiger partial charge on any atom is 0.269 e. The van der Waals surface area contributed by atoms with Crippen LogP contribution in [0.15, 0.2) is 95.6 Å². The van der Waals surface area contributed by atoms with Crippen LogP contribution in [0, 0.1) is 16.0 Å². The highest BCUT2D eigenvalue weighted by Crippen LogP contribution is 2.46. The minimum atomic E-state index is -0.364. The van der Waals surface area contributed by atoms with Gasteiger partial charge < -0.3 is 0 Å². The summed E-state index contributed by atoms with van der Waals surface area (Å²) in [7, 11) is 0. The lowest BCUT2D eigenvalue weighted by Gasteiger charge is -2.30. The minimum Gasteiger partial charge on any atom is -0.258 e. The zero-order valence-corrected chi connectivity index (χ0v) is 17.1. The molecule has 0 amide bonds. The molecule has 0 saturated heterocycles. The molecule has 5 nitrogen and oxygen atoms in total. The molecule has 5 heteroatoms. The van der Waals surface area contributed by atoms with Crippen LogP contribution in [0.2, 0.25) is 0 Å². The van der Waals surface area contributed by atoms with Crippen LogP contribution in [-0.2, 0) is 0 Å². The average Bonchev–Trinajstić information content (AvgIpc) is 3.21. The van der Waals surface area contributed by atoms with Gasteiger partial charge in [0.2, 0.25) is 0 Å². The molecule has 31 heavy (non-hydrogen) atoms. The van der Waals surface area contributed by atoms with Crippen molar-refractivity contribution in [2.75, 3.05) is 5.01 Å². The molecular weight excluding hydrogens is 386 g/mol. The fourth-order valence-electron chi connectivity index (χ4n) is 4.67. The average molecular weight is 409 g/mol. The van der Waals surface area contributed by atoms with Gasteiger partial charge in [-0.25, -0.2) is 0 Å². The van der Waals surface area contributed by atoms with E-state index in [9.17, 15) is 10.1 Å². The van der Waals surface area contributed by atoms with E-state index in [2.05, 4.69) is 47.5 Å². The van der Waals surface area contributed by atoms with Gasteiger partial charge in [0.05, 0.1) is 22.4 Å². The Balaban J connectivity index is 1.55. The SMILES string of the molecule is O=[N+]([O-])c1ccc(/C=C2/CCCC3C2=NN(c2ccccc2)C3c2ccccc2)cc1. The van der Waals surface area contributed by atoms with E-state index in [4.69, 9.17) is 5.10 Å². The first-order valence-electron chi connectivity index (χ1n) is 10.6. The van der Waals surface area contributed by atoms with Crippen LogP contribution in [-0.4, -0.2) is 10.6 Å². The molecule has 2 atom stereocenters. The molecule has 0 spiro atoms. The number of nitrogens with zero attached hydrogens (tertiary/aromatic N) is 3. The van der Waals surface area contributed by atoms with Crippen molar-refractivity contribution in [3.05, 3.63) is 112 Å². The largest absolute Gasteiger partial charge is 0.269 e. The number of benzene rings is 3. The number of allylic oxidation sites excluding steroid dienone is 1. The van der Waals surface area contributed by atoms with Gasteiger partial charge in [-0.15, -0.1) is 0 Å². The third-order valence-electron chi connectivity index (χ3n) is 6.11. The molecule has 1 saturated carbocycles. The van der Waals surface area contributed by atoms with Crippen molar-refractivity contribution in [1.82, 2.24) is 0 Å². The first-order chi connectivity index (χ1) is 15.2. The Hall–Kier alpha value is -3.73. The number of rotatable bonds is 4. The zero-order valence-electron chi connectivity index (χ0n) is 17.1. The molecule has 1 fully saturated rings. The second kappa shape index (κ2) is 8.19. The van der Waals surface area contributed by atoms with Crippen LogP contribution < -0.4 is 5.01 Å². The molecular formula is C26H23N3O2. The zero-order chi connectivity index (χ0) is 21.2. The quantitative estimate of drug-likeness (QED) is 0.370. The third-order valence-corrected chi connectivity index (χ3v) is 6.11. The maximum atomic E-state index is 11.0. The molecule has 2 aliphatic rings. The van der Waals surface area contributed by atoms with Crippen molar-refractivity contribution in [2.45, 2.75) is 25.3 Å². The number of para-hydroxylation sites is 1. The highest BCUT2D eigenvalue weighted by molar-refractivity contribution is 6.08. The van der Waals surface area contributed by atoms with Crippen LogP contribution >= 0.6 is 0 Å². The van der Waals surface area contributed by atoms with Crippen molar-refractivity contribution in [3.63, 3.8) is 0 Å². The molecule has 0 bridgehead atoms. The monoisotopic (exact) mass is 409 g/mol. The van der Waals surface area contributed by atoms with Crippen LogP contribution in [0.1, 0.15) is 36.4 Å². The van der Waals surface area contributed by atoms with Gasteiger partial charge in [0, 0.05) is 18.1 Å². The molecule has 0 aromatic heterocycles. The Labute approximate surface area is 181 Å². The van der Waals surface area contributed by atoms with Gasteiger partial charge in [-0.05, 0) is 66.3 Å². The number of non-ortho nitro benzene ring substituents is 1. The number of fused-ring (bicyclic) bond motifs is 1. The minimum absolute atomic E-state index is 0.112. The lowest BCUT2D eigenvalue weighted by molar-refractivity contribution is -0.384. The molecule has 5 rings (SSSR count). The van der Waals surface area contributed by atoms with E-state index >= 15 is 0 Å². The van der Waals surface area contributed by atoms with E-state index in [0.717, 1.165) is 36.2 Å². The van der Waals surface area contributed by atoms with Crippen LogP contribution in [0.25, 0.3) is 6.08 Å². The molecule has 154 valence electrons. The van der Waals surface area contributed by atoms with E-state index in [1.165, 1.54) is 11.1 Å². The number of hydrazone groups is 1. The first-order valence-corrected chi connectivity index (χ1v) is 10.6. The highest BCUT2D eigenvalue weighted by atomic mass is 16.6. The summed E-state index contributed by atoms with van der Waals surface area (Å²) in [5.74, 6) is 0.320. The van der Waals surface area contributed by atoms with Crippen LogP contribution in [0.4, 0.5) is 11.4 Å². The molecule has 3 aromatic rings. The Morgan fingerprint density at radius 2 is 1.61 bits per heavy atom. The van der Waals surface area contributed by atoms with Crippen molar-refractivity contribution < 1.29 is 4.92 Å². The summed E-state index contributed by atoms with van der Waals surface area (Å²) in [6, 6.07) is 27.9. The van der Waals surface area contributed by atoms with E-state index in [1.807, 2.05) is 36.4 Å². The number of nitro benzene ring substituents is 1. The predicted molar refractivity (Wildman–Crippen MR) is 124 cm³/mol. The van der Waals surface area contributed by atoms with E-state index in [1.54, 1.807) is 12.1 Å². The predicted octanol–water partition coefficient (Wildman–Crippen LogP) is 6.40. The fraction of sp³-hybridized carbons (Fsp3) is 0.192. The second-order valence-electron chi connectivity index (χ2n) is 8.04. The van der Waals surface area contributed by atoms with Gasteiger partial charge in [-0.1, -0.05) is 48.5 Å². The summed E-state index contributed by atoms with van der Waals surface area (Å²) < 4.78 is 0. The summed E-state index contributed by atoms with van der Waals surface area (Å²) >= 11 is 0. The van der Waals surface area contributed by atoms with Crippen molar-refractivity contribution in [3.8, 4) is 0 Å². The Morgan fingerprint density at radius 3 is 2.29 bits per heavy atom. The fourth-order valence-corrected chi connectivity index (χ4v) is 4.67. The molecule has 1 heterocycles. The maximum absolute atomic E-state index is 11.0. The lowest BCUT2D eigenvalue weighted by atomic mass is 9.77. The standard InChI is InChI=1S/C26H23N3O2/c30-29(31)23-16-14-19(15-17-23)18-21-10-7-13-24-25(21)27-28(22-11-5-2-6-12-22)26(24)20-8-3-1-4-9-20/h1-6,8-9,11-12,14-18,24,26H,7,10,13H2/b21-18-. The van der Waals surface area contributed by atoms with Gasteiger partial charge >= 0.3 is 0 Å². The smallest absolute Gasteiger partial charge is 0.258 e. The molecule has 3 aromatic carbocycles. The van der Waals surface area contributed by atoms with Gasteiger partial charge in [-0.2, -0.15) is 5.10 Å². The van der Waals surface area contributed by atoms with Gasteiger partial charge in [-0.3, -0.25) is 15.1 Å². The topological polar surface area (TPSA) is 58.7 Å². The molecule has 0 radical (unpaired) electrons. The lowest BCUT2D eigenvalue weighted by Crippen LogP contribution is -2.28. The highest BCUT2D eigenvalue weighted by Gasteiger charge is 2.41. The van der Waals surface area contributed by atoms with Crippen molar-refractivity contribution in [1.29, 1.82) is 0 Å². The normalized spacial score (nSPS) is 21.6. The molecule has 1 aliphatic heterocycles. The summed E-state index contributed by atoms with van der Waals surface area (Å²) in [6.45, 7) is 0. The second-order valence-corrected chi connectivity index (χ2v) is 8.04. The van der Waals surface area contributed by atoms with Crippen LogP contribution in [0.5, 0.6) is 0 Å². The summed E-state index contributed by atoms with van der Waals surface area (Å²) in [6.07, 6.45) is 5.31.